The zero-order valence-electron chi connectivity index (χ0n) is 18.4. The number of benzene rings is 1. The van der Waals surface area contributed by atoms with Crippen molar-refractivity contribution >= 4 is 23.9 Å². The largest absolute Gasteiger partial charge is 0.468 e. The quantitative estimate of drug-likeness (QED) is 0.616. The van der Waals surface area contributed by atoms with E-state index in [1.165, 1.54) is 19.1 Å². The number of carbonyl (C=O) groups excluding carboxylic acids is 4. The van der Waals surface area contributed by atoms with Crippen LogP contribution in [0.1, 0.15) is 44.9 Å². The summed E-state index contributed by atoms with van der Waals surface area (Å²) in [6.45, 7) is 6.47. The molecular formula is C21H31N3O6. The molecule has 0 bridgehead atoms. The Bertz CT molecular complexity index is 755. The maximum absolute atomic E-state index is 12.8. The summed E-state index contributed by atoms with van der Waals surface area (Å²) < 4.78 is 9.65. The number of carbonyl (C=O) groups is 4. The first-order chi connectivity index (χ1) is 14.0. The molecule has 1 unspecified atom stereocenters. The second kappa shape index (κ2) is 11.2. The lowest BCUT2D eigenvalue weighted by Gasteiger charge is -2.28. The third-order valence-electron chi connectivity index (χ3n) is 4.15. The van der Waals surface area contributed by atoms with E-state index in [1.54, 1.807) is 32.9 Å². The van der Waals surface area contributed by atoms with Crippen molar-refractivity contribution in [3.8, 4) is 0 Å². The van der Waals surface area contributed by atoms with Gasteiger partial charge in [-0.3, -0.25) is 14.4 Å². The van der Waals surface area contributed by atoms with Crippen LogP contribution in [0.15, 0.2) is 24.3 Å². The Morgan fingerprint density at radius 3 is 2.13 bits per heavy atom. The minimum atomic E-state index is -0.992. The Labute approximate surface area is 177 Å². The number of alkyl carbamates (subject to hydrolysis) is 1. The average molecular weight is 421 g/mol. The number of aryl methyl sites for hydroxylation is 1. The van der Waals surface area contributed by atoms with E-state index in [9.17, 15) is 19.2 Å². The number of hydrogen-bond donors (Lipinski definition) is 2. The molecular weight excluding hydrogens is 390 g/mol. The average Bonchev–Trinajstić information content (AvgIpc) is 2.69. The highest BCUT2D eigenvalue weighted by molar-refractivity contribution is 5.91. The van der Waals surface area contributed by atoms with Gasteiger partial charge in [0, 0.05) is 7.05 Å². The lowest BCUT2D eigenvalue weighted by atomic mass is 10.0. The number of amides is 3. The number of ether oxygens (including phenoxy) is 2. The SMILES string of the molecule is CCc1ccc(C(C(=O)NCC(=O)OC)N(C)C(=O)CNC(=O)OC(C)(C)C)cc1. The Hall–Kier alpha value is -3.10. The van der Waals surface area contributed by atoms with E-state index in [0.717, 1.165) is 12.0 Å². The van der Waals surface area contributed by atoms with E-state index >= 15 is 0 Å². The fraction of sp³-hybridized carbons (Fsp3) is 0.524. The van der Waals surface area contributed by atoms with Crippen LogP contribution in [0, 0.1) is 0 Å². The molecule has 9 nitrogen and oxygen atoms in total. The molecule has 0 heterocycles. The molecule has 0 aliphatic carbocycles. The molecule has 0 saturated heterocycles. The van der Waals surface area contributed by atoms with Gasteiger partial charge in [-0.25, -0.2) is 4.79 Å². The van der Waals surface area contributed by atoms with E-state index in [2.05, 4.69) is 15.4 Å². The molecule has 0 saturated carbocycles. The summed E-state index contributed by atoms with van der Waals surface area (Å²) in [7, 11) is 2.67. The first-order valence-electron chi connectivity index (χ1n) is 9.64. The van der Waals surface area contributed by atoms with Gasteiger partial charge < -0.3 is 25.0 Å². The summed E-state index contributed by atoms with van der Waals surface area (Å²) in [5.74, 6) is -1.65. The number of esters is 1. The van der Waals surface area contributed by atoms with Gasteiger partial charge in [-0.1, -0.05) is 31.2 Å². The number of nitrogens with one attached hydrogen (secondary N) is 2. The molecule has 1 rings (SSSR count). The van der Waals surface area contributed by atoms with Crippen LogP contribution in [0.5, 0.6) is 0 Å². The van der Waals surface area contributed by atoms with Gasteiger partial charge in [0.1, 0.15) is 24.7 Å². The molecule has 30 heavy (non-hydrogen) atoms. The number of methoxy groups -OCH3 is 1. The van der Waals surface area contributed by atoms with Gasteiger partial charge in [-0.05, 0) is 38.3 Å². The van der Waals surface area contributed by atoms with Crippen molar-refractivity contribution in [1.82, 2.24) is 15.5 Å². The van der Waals surface area contributed by atoms with Crippen LogP contribution >= 0.6 is 0 Å². The van der Waals surface area contributed by atoms with Gasteiger partial charge in [0.25, 0.3) is 0 Å². The molecule has 2 N–H and O–H groups in total. The zero-order chi connectivity index (χ0) is 22.9. The number of nitrogens with zero attached hydrogens (tertiary/aromatic N) is 1. The summed E-state index contributed by atoms with van der Waals surface area (Å²) >= 11 is 0. The van der Waals surface area contributed by atoms with Crippen LogP contribution < -0.4 is 10.6 Å². The van der Waals surface area contributed by atoms with Crippen molar-refractivity contribution in [2.24, 2.45) is 0 Å². The monoisotopic (exact) mass is 421 g/mol. The maximum Gasteiger partial charge on any atom is 0.408 e. The Balaban J connectivity index is 2.95. The summed E-state index contributed by atoms with van der Waals surface area (Å²) in [5.41, 5.74) is 0.951. The topological polar surface area (TPSA) is 114 Å². The third-order valence-corrected chi connectivity index (χ3v) is 4.15. The molecule has 0 spiro atoms. The minimum Gasteiger partial charge on any atom is -0.468 e. The van der Waals surface area contributed by atoms with Crippen LogP contribution in [-0.2, 0) is 30.3 Å². The highest BCUT2D eigenvalue weighted by Gasteiger charge is 2.29. The predicted octanol–water partition coefficient (Wildman–Crippen LogP) is 1.56. The van der Waals surface area contributed by atoms with Gasteiger partial charge >= 0.3 is 12.1 Å². The van der Waals surface area contributed by atoms with Crippen molar-refractivity contribution in [2.45, 2.75) is 45.8 Å². The fourth-order valence-corrected chi connectivity index (χ4v) is 2.55. The third kappa shape index (κ3) is 8.10. The smallest absolute Gasteiger partial charge is 0.408 e. The Kier molecular flexibility index (Phi) is 9.29. The van der Waals surface area contributed by atoms with Crippen molar-refractivity contribution in [2.75, 3.05) is 27.2 Å². The number of likely N-dealkylation sites (N-methyl/N-ethyl adjacent to an activating group) is 1. The number of rotatable bonds is 8. The van der Waals surface area contributed by atoms with Crippen LogP contribution in [0.3, 0.4) is 0 Å². The minimum absolute atomic E-state index is 0.322. The fourth-order valence-electron chi connectivity index (χ4n) is 2.55. The lowest BCUT2D eigenvalue weighted by Crippen LogP contribution is -2.46. The van der Waals surface area contributed by atoms with E-state index in [1.807, 2.05) is 19.1 Å². The second-order valence-electron chi connectivity index (χ2n) is 7.65. The predicted molar refractivity (Wildman–Crippen MR) is 111 cm³/mol. The molecule has 0 aliphatic heterocycles. The Morgan fingerprint density at radius 2 is 1.63 bits per heavy atom. The summed E-state index contributed by atoms with van der Waals surface area (Å²) in [5, 5.41) is 4.86. The number of hydrogen-bond acceptors (Lipinski definition) is 6. The zero-order valence-corrected chi connectivity index (χ0v) is 18.4. The lowest BCUT2D eigenvalue weighted by molar-refractivity contribution is -0.143. The molecule has 0 aromatic heterocycles. The molecule has 0 aliphatic rings. The van der Waals surface area contributed by atoms with Crippen LogP contribution in [0.25, 0.3) is 0 Å². The normalized spacial score (nSPS) is 11.8. The molecule has 0 radical (unpaired) electrons. The summed E-state index contributed by atoms with van der Waals surface area (Å²) in [4.78, 5) is 49.8. The highest BCUT2D eigenvalue weighted by atomic mass is 16.6. The van der Waals surface area contributed by atoms with Crippen LogP contribution in [0.4, 0.5) is 4.79 Å². The van der Waals surface area contributed by atoms with Crippen LogP contribution in [-0.4, -0.2) is 61.6 Å². The standard InChI is InChI=1S/C21H31N3O6/c1-7-14-8-10-15(11-9-14)18(19(27)22-13-17(26)29-6)24(5)16(25)12-23-20(28)30-21(2,3)4/h8-11,18H,7,12-13H2,1-6H3,(H,22,27)(H,23,28). The molecule has 1 aromatic carbocycles. The van der Waals surface area contributed by atoms with Crippen molar-refractivity contribution in [1.29, 1.82) is 0 Å². The molecule has 1 atom stereocenters. The molecule has 166 valence electrons. The van der Waals surface area contributed by atoms with Gasteiger partial charge in [-0.2, -0.15) is 0 Å². The highest BCUT2D eigenvalue weighted by Crippen LogP contribution is 2.21. The molecule has 1 aromatic rings. The molecule has 9 heteroatoms. The van der Waals surface area contributed by atoms with Crippen molar-refractivity contribution in [3.63, 3.8) is 0 Å². The van der Waals surface area contributed by atoms with Gasteiger partial charge in [-0.15, -0.1) is 0 Å². The van der Waals surface area contributed by atoms with Crippen molar-refractivity contribution in [3.05, 3.63) is 35.4 Å². The van der Waals surface area contributed by atoms with E-state index < -0.39 is 35.5 Å². The second-order valence-corrected chi connectivity index (χ2v) is 7.65. The van der Waals surface area contributed by atoms with E-state index in [0.29, 0.717) is 5.56 Å². The summed E-state index contributed by atoms with van der Waals surface area (Å²) in [6, 6.07) is 6.26. The summed E-state index contributed by atoms with van der Waals surface area (Å²) in [6.07, 6.45) is 0.0943. The Morgan fingerprint density at radius 1 is 1.03 bits per heavy atom. The van der Waals surface area contributed by atoms with Gasteiger partial charge in [0.2, 0.25) is 11.8 Å². The molecule has 0 fully saturated rings. The van der Waals surface area contributed by atoms with Gasteiger partial charge in [0.15, 0.2) is 0 Å². The maximum atomic E-state index is 12.8. The van der Waals surface area contributed by atoms with Gasteiger partial charge in [0.05, 0.1) is 7.11 Å². The molecule has 3 amide bonds. The first-order valence-corrected chi connectivity index (χ1v) is 9.64. The first kappa shape index (κ1) is 24.9. The van der Waals surface area contributed by atoms with Crippen LogP contribution in [0.2, 0.25) is 0 Å². The van der Waals surface area contributed by atoms with Crippen molar-refractivity contribution < 1.29 is 28.7 Å². The van der Waals surface area contributed by atoms with E-state index in [4.69, 9.17) is 4.74 Å². The van der Waals surface area contributed by atoms with E-state index in [-0.39, 0.29) is 13.1 Å².